The number of amides is 4. The smallest absolute Gasteiger partial charge is 0.261 e. The van der Waals surface area contributed by atoms with Crippen molar-refractivity contribution in [1.82, 2.24) is 60.2 Å². The van der Waals surface area contributed by atoms with Crippen LogP contribution in [0.15, 0.2) is 73.1 Å². The predicted octanol–water partition coefficient (Wildman–Crippen LogP) is 6.78. The first-order valence-corrected chi connectivity index (χ1v) is 24.9. The molecule has 2 N–H and O–H groups in total. The summed E-state index contributed by atoms with van der Waals surface area (Å²) in [6.45, 7) is 13.4. The molecule has 0 spiro atoms. The molecule has 9 rings (SSSR count). The van der Waals surface area contributed by atoms with Crippen LogP contribution in [0.25, 0.3) is 32.9 Å². The summed E-state index contributed by atoms with van der Waals surface area (Å²) in [6.07, 6.45) is 13.8. The minimum atomic E-state index is -0.229. The van der Waals surface area contributed by atoms with E-state index in [1.165, 1.54) is 9.80 Å². The number of benzene rings is 4. The van der Waals surface area contributed by atoms with Crippen LogP contribution in [0.1, 0.15) is 131 Å². The SMILES string of the molecule is CCCCCCN1C(=O)c2cccc3c(-n4cc(CN5CCCNCCN(Cc6cn(-c7ccc8c9c(cccc79)C(=O)N(CCCCCC)C8=O)nn6)CCCNCC5)nn4)ccc(c23)C1=O. The highest BCUT2D eigenvalue weighted by Gasteiger charge is 2.35. The number of nitrogens with one attached hydrogen (secondary N) is 2. The summed E-state index contributed by atoms with van der Waals surface area (Å²) in [5.41, 5.74) is 5.51. The Labute approximate surface area is 398 Å². The van der Waals surface area contributed by atoms with Crippen LogP contribution in [0.2, 0.25) is 0 Å². The predicted molar refractivity (Wildman–Crippen MR) is 262 cm³/mol. The van der Waals surface area contributed by atoms with Crippen LogP contribution in [0, 0.1) is 0 Å². The molecule has 4 aromatic carbocycles. The third-order valence-corrected chi connectivity index (χ3v) is 13.6. The van der Waals surface area contributed by atoms with Crippen molar-refractivity contribution in [1.29, 1.82) is 0 Å². The van der Waals surface area contributed by atoms with Crippen molar-refractivity contribution in [3.63, 3.8) is 0 Å². The molecule has 356 valence electrons. The van der Waals surface area contributed by atoms with Gasteiger partial charge in [-0.3, -0.25) is 38.8 Å². The van der Waals surface area contributed by atoms with Gasteiger partial charge in [-0.2, -0.15) is 0 Å². The molecule has 1 saturated heterocycles. The van der Waals surface area contributed by atoms with Gasteiger partial charge in [0, 0.05) is 96.2 Å². The zero-order chi connectivity index (χ0) is 47.0. The molecule has 0 unspecified atom stereocenters. The first-order chi connectivity index (χ1) is 33.3. The van der Waals surface area contributed by atoms with Gasteiger partial charge in [0.25, 0.3) is 23.6 Å². The quantitative estimate of drug-likeness (QED) is 0.0773. The molecule has 16 nitrogen and oxygen atoms in total. The van der Waals surface area contributed by atoms with E-state index in [1.54, 1.807) is 9.36 Å². The van der Waals surface area contributed by atoms with Gasteiger partial charge in [0.15, 0.2) is 0 Å². The Kier molecular flexibility index (Phi) is 15.1. The second-order valence-electron chi connectivity index (χ2n) is 18.4. The highest BCUT2D eigenvalue weighted by molar-refractivity contribution is 6.27. The number of carbonyl (C=O) groups is 4. The molecule has 0 atom stereocenters. The van der Waals surface area contributed by atoms with E-state index in [4.69, 9.17) is 0 Å². The van der Waals surface area contributed by atoms with E-state index in [2.05, 4.69) is 54.9 Å². The van der Waals surface area contributed by atoms with E-state index in [0.29, 0.717) is 59.2 Å². The van der Waals surface area contributed by atoms with E-state index in [9.17, 15) is 19.2 Å². The molecule has 0 aliphatic carbocycles. The van der Waals surface area contributed by atoms with Gasteiger partial charge in [0.05, 0.1) is 35.2 Å². The average Bonchev–Trinajstić information content (AvgIpc) is 4.03. The second-order valence-corrected chi connectivity index (χ2v) is 18.4. The number of nitrogens with zero attached hydrogens (tertiary/aromatic N) is 10. The fraction of sp³-hybridized carbons (Fsp3) is 0.462. The highest BCUT2D eigenvalue weighted by Crippen LogP contribution is 2.35. The van der Waals surface area contributed by atoms with Crippen molar-refractivity contribution >= 4 is 45.2 Å². The summed E-state index contributed by atoms with van der Waals surface area (Å²) in [5, 5.41) is 28.5. The topological polar surface area (TPSA) is 167 Å². The van der Waals surface area contributed by atoms with Crippen molar-refractivity contribution in [2.24, 2.45) is 0 Å². The Morgan fingerprint density at radius 1 is 0.485 bits per heavy atom. The normalized spacial score (nSPS) is 16.9. The van der Waals surface area contributed by atoms with E-state index in [1.807, 2.05) is 73.1 Å². The van der Waals surface area contributed by atoms with E-state index in [-0.39, 0.29) is 23.6 Å². The lowest BCUT2D eigenvalue weighted by Crippen LogP contribution is -2.40. The molecule has 0 saturated carbocycles. The molecular weight excluding hydrogens is 857 g/mol. The zero-order valence-electron chi connectivity index (χ0n) is 39.6. The van der Waals surface area contributed by atoms with Crippen LogP contribution < -0.4 is 10.6 Å². The maximum atomic E-state index is 13.6. The molecule has 2 aromatic heterocycles. The molecular formula is C52H64N12O4. The number of imide groups is 2. The van der Waals surface area contributed by atoms with Crippen LogP contribution >= 0.6 is 0 Å². The summed E-state index contributed by atoms with van der Waals surface area (Å²) in [5.74, 6) is -0.918. The van der Waals surface area contributed by atoms with Gasteiger partial charge in [-0.1, -0.05) is 87.1 Å². The molecule has 3 aliphatic heterocycles. The number of carbonyl (C=O) groups excluding carboxylic acids is 4. The lowest BCUT2D eigenvalue weighted by molar-refractivity contribution is 0.0592. The van der Waals surface area contributed by atoms with Gasteiger partial charge in [0.2, 0.25) is 0 Å². The molecule has 6 aromatic rings. The molecule has 5 heterocycles. The Balaban J connectivity index is 0.793. The van der Waals surface area contributed by atoms with E-state index < -0.39 is 0 Å². The first-order valence-electron chi connectivity index (χ1n) is 24.9. The third-order valence-electron chi connectivity index (χ3n) is 13.6. The van der Waals surface area contributed by atoms with Gasteiger partial charge in [-0.25, -0.2) is 9.36 Å². The zero-order valence-corrected chi connectivity index (χ0v) is 39.6. The Hall–Kier alpha value is -6.20. The number of rotatable bonds is 16. The number of hydrogen-bond donors (Lipinski definition) is 2. The van der Waals surface area contributed by atoms with Crippen molar-refractivity contribution < 1.29 is 19.2 Å². The van der Waals surface area contributed by atoms with Crippen molar-refractivity contribution in [3.05, 3.63) is 107 Å². The third kappa shape index (κ3) is 10.00. The van der Waals surface area contributed by atoms with Gasteiger partial charge in [-0.15, -0.1) is 10.2 Å². The Morgan fingerprint density at radius 2 is 0.912 bits per heavy atom. The molecule has 68 heavy (non-hydrogen) atoms. The largest absolute Gasteiger partial charge is 0.315 e. The standard InChI is InChI=1S/C52H64N12O4/c1-3-5-7-9-29-61-49(65)41-17-11-15-39-45(21-19-43(47(39)41)51(61)67)63-35-37(55-57-63)33-59-27-13-23-54-26-32-60(28-14-24-53-25-31-59)34-38-36-64(58-56-38)46-22-20-44-48-40(46)16-12-18-42(48)50(66)62(52(44)68)30-10-8-6-4-2/h11-12,15-22,35-36,53-54H,3-10,13-14,23-34H2,1-2H3. The van der Waals surface area contributed by atoms with Crippen LogP contribution in [0.5, 0.6) is 0 Å². The van der Waals surface area contributed by atoms with Crippen molar-refractivity contribution in [2.75, 3.05) is 65.4 Å². The van der Waals surface area contributed by atoms with Gasteiger partial charge >= 0.3 is 0 Å². The van der Waals surface area contributed by atoms with Crippen molar-refractivity contribution in [3.8, 4) is 11.4 Å². The minimum Gasteiger partial charge on any atom is -0.315 e. The van der Waals surface area contributed by atoms with Crippen LogP contribution in [0.4, 0.5) is 0 Å². The van der Waals surface area contributed by atoms with Gasteiger partial charge in [-0.05, 0) is 88.3 Å². The fourth-order valence-corrected chi connectivity index (χ4v) is 10.0. The van der Waals surface area contributed by atoms with E-state index in [0.717, 1.165) is 150 Å². The van der Waals surface area contributed by atoms with E-state index >= 15 is 0 Å². The molecule has 4 amide bonds. The number of aromatic nitrogens is 6. The molecule has 0 radical (unpaired) electrons. The lowest BCUT2D eigenvalue weighted by atomic mass is 9.93. The van der Waals surface area contributed by atoms with Crippen LogP contribution in [-0.2, 0) is 13.1 Å². The van der Waals surface area contributed by atoms with Crippen molar-refractivity contribution in [2.45, 2.75) is 91.1 Å². The number of hydrogen-bond acceptors (Lipinski definition) is 12. The summed E-state index contributed by atoms with van der Waals surface area (Å²) in [7, 11) is 0. The van der Waals surface area contributed by atoms with Crippen LogP contribution in [-0.4, -0.2) is 139 Å². The minimum absolute atomic E-state index is 0.229. The summed E-state index contributed by atoms with van der Waals surface area (Å²) in [6, 6.07) is 18.8. The Morgan fingerprint density at radius 3 is 1.34 bits per heavy atom. The molecule has 3 aliphatic rings. The van der Waals surface area contributed by atoms with Gasteiger partial charge in [0.1, 0.15) is 0 Å². The van der Waals surface area contributed by atoms with Crippen LogP contribution in [0.3, 0.4) is 0 Å². The molecule has 0 bridgehead atoms. The summed E-state index contributed by atoms with van der Waals surface area (Å²) < 4.78 is 3.54. The maximum absolute atomic E-state index is 13.6. The van der Waals surface area contributed by atoms with Gasteiger partial charge < -0.3 is 10.6 Å². The maximum Gasteiger partial charge on any atom is 0.261 e. The fourth-order valence-electron chi connectivity index (χ4n) is 10.0. The lowest BCUT2D eigenvalue weighted by Gasteiger charge is -2.27. The first kappa shape index (κ1) is 46.9. The summed E-state index contributed by atoms with van der Waals surface area (Å²) in [4.78, 5) is 62.0. The average molecular weight is 921 g/mol. The second kappa shape index (κ2) is 21.8. The number of unbranched alkanes of at least 4 members (excludes halogenated alkanes) is 6. The monoisotopic (exact) mass is 921 g/mol. The molecule has 1 fully saturated rings. The summed E-state index contributed by atoms with van der Waals surface area (Å²) >= 11 is 0. The Bertz CT molecular complexity index is 2530. The highest BCUT2D eigenvalue weighted by atomic mass is 16.2. The molecule has 16 heteroatoms.